The predicted octanol–water partition coefficient (Wildman–Crippen LogP) is 1.52. The molecule has 98 valence electrons. The van der Waals surface area contributed by atoms with E-state index in [1.54, 1.807) is 19.1 Å². The van der Waals surface area contributed by atoms with Crippen molar-refractivity contribution in [2.45, 2.75) is 6.92 Å². The summed E-state index contributed by atoms with van der Waals surface area (Å²) in [6, 6.07) is 9.03. The Balaban J connectivity index is 2.47. The number of nitrogens with one attached hydrogen (secondary N) is 2. The maximum atomic E-state index is 11.8. The van der Waals surface area contributed by atoms with Crippen LogP contribution in [0.5, 0.6) is 0 Å². The number of amides is 1. The number of aromatic nitrogens is 2. The number of hydrogen-bond acceptors (Lipinski definition) is 3. The molecule has 0 aliphatic heterocycles. The number of H-pyrrole nitrogens is 1. The van der Waals surface area contributed by atoms with Gasteiger partial charge in [0.15, 0.2) is 11.4 Å². The average Bonchev–Trinajstić information content (AvgIpc) is 2.85. The fraction of sp³-hybridized carbons (Fsp3) is 0.154. The van der Waals surface area contributed by atoms with Gasteiger partial charge in [-0.1, -0.05) is 30.3 Å². The lowest BCUT2D eigenvalue weighted by Gasteiger charge is -1.98. The molecule has 6 nitrogen and oxygen atoms in total. The van der Waals surface area contributed by atoms with E-state index in [1.165, 1.54) is 0 Å². The fourth-order valence-corrected chi connectivity index (χ4v) is 1.67. The Morgan fingerprint density at radius 1 is 1.32 bits per heavy atom. The Morgan fingerprint density at radius 3 is 2.58 bits per heavy atom. The number of hydrogen-bond donors (Lipinski definition) is 3. The van der Waals surface area contributed by atoms with Crippen molar-refractivity contribution >= 4 is 11.9 Å². The van der Waals surface area contributed by atoms with E-state index in [2.05, 4.69) is 15.3 Å². The van der Waals surface area contributed by atoms with Crippen molar-refractivity contribution in [3.05, 3.63) is 41.7 Å². The standard InChI is InChI=1S/C13H13N3O3/c1-2-14-12(17)9-10(13(18)19)16-11(15-9)8-6-4-3-5-7-8/h3-7H,2H2,1H3,(H,14,17)(H,15,16)(H,18,19). The van der Waals surface area contributed by atoms with Gasteiger partial charge in [0, 0.05) is 12.1 Å². The number of imidazole rings is 1. The van der Waals surface area contributed by atoms with Gasteiger partial charge in [-0.25, -0.2) is 9.78 Å². The maximum absolute atomic E-state index is 11.8. The first-order chi connectivity index (χ1) is 9.13. The van der Waals surface area contributed by atoms with Crippen LogP contribution < -0.4 is 5.32 Å². The second-order valence-corrected chi connectivity index (χ2v) is 3.84. The van der Waals surface area contributed by atoms with Crippen LogP contribution in [0.15, 0.2) is 30.3 Å². The summed E-state index contributed by atoms with van der Waals surface area (Å²) in [6.45, 7) is 2.16. The SMILES string of the molecule is CCNC(=O)c1nc(-c2ccccc2)[nH]c1C(=O)O. The number of nitrogens with zero attached hydrogens (tertiary/aromatic N) is 1. The van der Waals surface area contributed by atoms with E-state index in [0.29, 0.717) is 12.4 Å². The zero-order valence-corrected chi connectivity index (χ0v) is 10.3. The fourth-order valence-electron chi connectivity index (χ4n) is 1.67. The third-order valence-corrected chi connectivity index (χ3v) is 2.52. The monoisotopic (exact) mass is 259 g/mol. The van der Waals surface area contributed by atoms with E-state index >= 15 is 0 Å². The number of aromatic carboxylic acids is 1. The normalized spacial score (nSPS) is 10.2. The second-order valence-electron chi connectivity index (χ2n) is 3.84. The molecule has 0 saturated carbocycles. The summed E-state index contributed by atoms with van der Waals surface area (Å²) in [5, 5.41) is 11.6. The summed E-state index contributed by atoms with van der Waals surface area (Å²) >= 11 is 0. The molecule has 0 bridgehead atoms. The van der Waals surface area contributed by atoms with Crippen LogP contribution in [0, 0.1) is 0 Å². The van der Waals surface area contributed by atoms with E-state index < -0.39 is 11.9 Å². The van der Waals surface area contributed by atoms with E-state index in [0.717, 1.165) is 5.56 Å². The van der Waals surface area contributed by atoms with Crippen LogP contribution in [0.4, 0.5) is 0 Å². The zero-order valence-electron chi connectivity index (χ0n) is 10.3. The highest BCUT2D eigenvalue weighted by Gasteiger charge is 2.22. The number of carboxylic acid groups (broad SMARTS) is 1. The van der Waals surface area contributed by atoms with E-state index in [1.807, 2.05) is 18.2 Å². The van der Waals surface area contributed by atoms with Gasteiger partial charge in [0.2, 0.25) is 0 Å². The minimum absolute atomic E-state index is 0.104. The van der Waals surface area contributed by atoms with E-state index in [9.17, 15) is 9.59 Å². The van der Waals surface area contributed by atoms with E-state index in [-0.39, 0.29) is 11.4 Å². The van der Waals surface area contributed by atoms with Gasteiger partial charge in [0.1, 0.15) is 5.82 Å². The Bertz CT molecular complexity index is 605. The van der Waals surface area contributed by atoms with Crippen LogP contribution >= 0.6 is 0 Å². The summed E-state index contributed by atoms with van der Waals surface area (Å²) in [5.74, 6) is -1.35. The number of carboxylic acids is 1. The Hall–Kier alpha value is -2.63. The number of aromatic amines is 1. The lowest BCUT2D eigenvalue weighted by Crippen LogP contribution is -2.25. The van der Waals surface area contributed by atoms with Crippen molar-refractivity contribution in [3.8, 4) is 11.4 Å². The van der Waals surface area contributed by atoms with Crippen molar-refractivity contribution in [2.24, 2.45) is 0 Å². The minimum atomic E-state index is -1.21. The highest BCUT2D eigenvalue weighted by atomic mass is 16.4. The van der Waals surface area contributed by atoms with Crippen LogP contribution in [0.3, 0.4) is 0 Å². The molecule has 3 N–H and O–H groups in total. The Labute approximate surface area is 109 Å². The second kappa shape index (κ2) is 5.34. The number of benzene rings is 1. The topological polar surface area (TPSA) is 95.1 Å². The summed E-state index contributed by atoms with van der Waals surface area (Å²) in [5.41, 5.74) is 0.415. The molecule has 6 heteroatoms. The molecule has 1 aromatic heterocycles. The molecule has 0 spiro atoms. The molecular formula is C13H13N3O3. The smallest absolute Gasteiger partial charge is 0.354 e. The Morgan fingerprint density at radius 2 is 2.00 bits per heavy atom. The van der Waals surface area contributed by atoms with Gasteiger partial charge in [-0.05, 0) is 6.92 Å². The molecule has 0 atom stereocenters. The van der Waals surface area contributed by atoms with Gasteiger partial charge in [0.05, 0.1) is 0 Å². The average molecular weight is 259 g/mol. The highest BCUT2D eigenvalue weighted by molar-refractivity contribution is 6.03. The van der Waals surface area contributed by atoms with Gasteiger partial charge < -0.3 is 15.4 Å². The van der Waals surface area contributed by atoms with Gasteiger partial charge >= 0.3 is 5.97 Å². The molecule has 0 aliphatic rings. The van der Waals surface area contributed by atoms with Crippen molar-refractivity contribution in [2.75, 3.05) is 6.54 Å². The Kier molecular flexibility index (Phi) is 3.61. The molecule has 0 fully saturated rings. The molecule has 0 radical (unpaired) electrons. The van der Waals surface area contributed by atoms with Gasteiger partial charge in [-0.3, -0.25) is 4.79 Å². The van der Waals surface area contributed by atoms with Gasteiger partial charge in [0.25, 0.3) is 5.91 Å². The minimum Gasteiger partial charge on any atom is -0.477 e. The predicted molar refractivity (Wildman–Crippen MR) is 69.0 cm³/mol. The molecule has 0 unspecified atom stereocenters. The van der Waals surface area contributed by atoms with Crippen molar-refractivity contribution in [1.29, 1.82) is 0 Å². The van der Waals surface area contributed by atoms with Crippen molar-refractivity contribution < 1.29 is 14.7 Å². The molecule has 0 saturated heterocycles. The van der Waals surface area contributed by atoms with Crippen LogP contribution in [-0.4, -0.2) is 33.5 Å². The summed E-state index contributed by atoms with van der Waals surface area (Å²) in [6.07, 6.45) is 0. The molecule has 19 heavy (non-hydrogen) atoms. The van der Waals surface area contributed by atoms with Crippen LogP contribution in [0.1, 0.15) is 27.9 Å². The number of carbonyl (C=O) groups is 2. The summed E-state index contributed by atoms with van der Waals surface area (Å²) in [4.78, 5) is 29.6. The van der Waals surface area contributed by atoms with Crippen LogP contribution in [0.25, 0.3) is 11.4 Å². The molecule has 1 heterocycles. The van der Waals surface area contributed by atoms with Crippen LogP contribution in [-0.2, 0) is 0 Å². The molecule has 1 aromatic carbocycles. The number of carbonyl (C=O) groups excluding carboxylic acids is 1. The largest absolute Gasteiger partial charge is 0.477 e. The molecule has 1 amide bonds. The summed E-state index contributed by atoms with van der Waals surface area (Å²) < 4.78 is 0. The van der Waals surface area contributed by atoms with Gasteiger partial charge in [-0.2, -0.15) is 0 Å². The first-order valence-corrected chi connectivity index (χ1v) is 5.80. The lowest BCUT2D eigenvalue weighted by molar-refractivity contribution is 0.0685. The lowest BCUT2D eigenvalue weighted by atomic mass is 10.2. The first-order valence-electron chi connectivity index (χ1n) is 5.80. The summed E-state index contributed by atoms with van der Waals surface area (Å²) in [7, 11) is 0. The highest BCUT2D eigenvalue weighted by Crippen LogP contribution is 2.18. The third-order valence-electron chi connectivity index (χ3n) is 2.52. The van der Waals surface area contributed by atoms with E-state index in [4.69, 9.17) is 5.11 Å². The molecule has 0 aliphatic carbocycles. The molecule has 2 aromatic rings. The van der Waals surface area contributed by atoms with Gasteiger partial charge in [-0.15, -0.1) is 0 Å². The quantitative estimate of drug-likeness (QED) is 0.775. The maximum Gasteiger partial charge on any atom is 0.354 e. The number of rotatable bonds is 4. The zero-order chi connectivity index (χ0) is 13.8. The first kappa shape index (κ1) is 12.8. The van der Waals surface area contributed by atoms with Crippen molar-refractivity contribution in [3.63, 3.8) is 0 Å². The third kappa shape index (κ3) is 2.62. The van der Waals surface area contributed by atoms with Crippen LogP contribution in [0.2, 0.25) is 0 Å². The molecular weight excluding hydrogens is 246 g/mol. The van der Waals surface area contributed by atoms with Crippen molar-refractivity contribution in [1.82, 2.24) is 15.3 Å². The molecule has 2 rings (SSSR count).